The second-order valence-electron chi connectivity index (χ2n) is 6.58. The van der Waals surface area contributed by atoms with Gasteiger partial charge in [-0.3, -0.25) is 4.79 Å². The standard InChI is InChI=1S/C17H19BrN2OS2/c18-14-7-6-13(23-14)17(15(21)20-16-19-8-9-22-16)10-12(17)11-4-2-1-3-5-11/h6-9,11-12H,1-5,10H2,(H,19,20,21). The fourth-order valence-electron chi connectivity index (χ4n) is 4.10. The van der Waals surface area contributed by atoms with Crippen LogP contribution in [0.3, 0.4) is 0 Å². The summed E-state index contributed by atoms with van der Waals surface area (Å²) in [6, 6.07) is 4.19. The number of nitrogens with zero attached hydrogens (tertiary/aromatic N) is 1. The maximum Gasteiger partial charge on any atom is 0.237 e. The summed E-state index contributed by atoms with van der Waals surface area (Å²) in [6.07, 6.45) is 9.28. The number of nitrogens with one attached hydrogen (secondary N) is 1. The molecule has 1 amide bonds. The number of aromatic nitrogens is 1. The van der Waals surface area contributed by atoms with Gasteiger partial charge in [0.25, 0.3) is 0 Å². The van der Waals surface area contributed by atoms with Crippen LogP contribution < -0.4 is 5.32 Å². The number of hydrogen-bond donors (Lipinski definition) is 1. The molecule has 2 fully saturated rings. The summed E-state index contributed by atoms with van der Waals surface area (Å²) < 4.78 is 1.10. The first-order valence-electron chi connectivity index (χ1n) is 8.17. The minimum atomic E-state index is -0.329. The first kappa shape index (κ1) is 15.8. The zero-order valence-corrected chi connectivity index (χ0v) is 16.0. The summed E-state index contributed by atoms with van der Waals surface area (Å²) in [5, 5.41) is 5.67. The molecule has 122 valence electrons. The number of hydrogen-bond acceptors (Lipinski definition) is 4. The lowest BCUT2D eigenvalue weighted by Crippen LogP contribution is -2.31. The Morgan fingerprint density at radius 2 is 2.13 bits per heavy atom. The third-order valence-electron chi connectivity index (χ3n) is 5.30. The lowest BCUT2D eigenvalue weighted by Gasteiger charge is -2.24. The summed E-state index contributed by atoms with van der Waals surface area (Å²) in [6.45, 7) is 0. The van der Waals surface area contributed by atoms with Crippen molar-refractivity contribution in [3.63, 3.8) is 0 Å². The third-order valence-corrected chi connectivity index (χ3v) is 7.79. The van der Waals surface area contributed by atoms with E-state index in [2.05, 4.69) is 38.4 Å². The number of rotatable bonds is 4. The predicted octanol–water partition coefficient (Wildman–Crippen LogP) is 5.44. The van der Waals surface area contributed by atoms with Gasteiger partial charge >= 0.3 is 0 Å². The summed E-state index contributed by atoms with van der Waals surface area (Å²) in [5.41, 5.74) is -0.329. The van der Waals surface area contributed by atoms with Crippen LogP contribution in [-0.4, -0.2) is 10.9 Å². The Hall–Kier alpha value is -0.720. The fourth-order valence-corrected chi connectivity index (χ4v) is 6.27. The molecule has 0 aromatic carbocycles. The van der Waals surface area contributed by atoms with E-state index < -0.39 is 0 Å². The highest BCUT2D eigenvalue weighted by atomic mass is 79.9. The van der Waals surface area contributed by atoms with E-state index in [1.165, 1.54) is 48.3 Å². The molecular weight excluding hydrogens is 392 g/mol. The largest absolute Gasteiger partial charge is 0.301 e. The summed E-state index contributed by atoms with van der Waals surface area (Å²) >= 11 is 6.74. The number of anilines is 1. The molecule has 2 heterocycles. The monoisotopic (exact) mass is 410 g/mol. The Bertz CT molecular complexity index is 693. The number of carbonyl (C=O) groups excluding carboxylic acids is 1. The van der Waals surface area contributed by atoms with Crippen molar-refractivity contribution in [3.05, 3.63) is 32.4 Å². The Labute approximate surface area is 152 Å². The van der Waals surface area contributed by atoms with Gasteiger partial charge in [0, 0.05) is 16.5 Å². The lowest BCUT2D eigenvalue weighted by atomic mass is 9.82. The molecule has 0 saturated heterocycles. The molecule has 4 rings (SSSR count). The number of halogens is 1. The van der Waals surface area contributed by atoms with Gasteiger partial charge in [0.05, 0.1) is 9.20 Å². The van der Waals surface area contributed by atoms with Gasteiger partial charge in [-0.2, -0.15) is 0 Å². The van der Waals surface area contributed by atoms with E-state index in [1.807, 2.05) is 5.38 Å². The maximum absolute atomic E-state index is 13.1. The zero-order chi connectivity index (χ0) is 15.9. The molecule has 0 radical (unpaired) electrons. The van der Waals surface area contributed by atoms with Crippen LogP contribution >= 0.6 is 38.6 Å². The minimum absolute atomic E-state index is 0.136. The third kappa shape index (κ3) is 2.89. The second-order valence-corrected chi connectivity index (χ2v) is 9.93. The normalized spacial score (nSPS) is 27.8. The molecule has 0 aliphatic heterocycles. The lowest BCUT2D eigenvalue weighted by molar-refractivity contribution is -0.119. The highest BCUT2D eigenvalue weighted by Crippen LogP contribution is 2.62. The highest BCUT2D eigenvalue weighted by Gasteiger charge is 2.64. The van der Waals surface area contributed by atoms with Crippen molar-refractivity contribution < 1.29 is 4.79 Å². The molecule has 2 unspecified atom stereocenters. The van der Waals surface area contributed by atoms with Gasteiger partial charge in [0.1, 0.15) is 0 Å². The molecule has 2 aromatic heterocycles. The van der Waals surface area contributed by atoms with E-state index in [0.29, 0.717) is 17.0 Å². The molecule has 2 aliphatic rings. The van der Waals surface area contributed by atoms with Crippen molar-refractivity contribution in [1.82, 2.24) is 4.98 Å². The molecular formula is C17H19BrN2OS2. The Balaban J connectivity index is 1.61. The van der Waals surface area contributed by atoms with Crippen molar-refractivity contribution in [2.24, 2.45) is 11.8 Å². The van der Waals surface area contributed by atoms with Crippen LogP contribution in [0.1, 0.15) is 43.4 Å². The van der Waals surface area contributed by atoms with E-state index in [-0.39, 0.29) is 11.3 Å². The Kier molecular flexibility index (Phi) is 4.32. The van der Waals surface area contributed by atoms with Crippen molar-refractivity contribution in [3.8, 4) is 0 Å². The molecule has 3 nitrogen and oxygen atoms in total. The molecule has 2 saturated carbocycles. The fraction of sp³-hybridized carbons (Fsp3) is 0.529. The quantitative estimate of drug-likeness (QED) is 0.728. The number of amides is 1. The first-order valence-corrected chi connectivity index (χ1v) is 10.7. The number of thiophene rings is 1. The number of thiazole rings is 1. The van der Waals surface area contributed by atoms with E-state index >= 15 is 0 Å². The van der Waals surface area contributed by atoms with Crippen LogP contribution in [0.2, 0.25) is 0 Å². The van der Waals surface area contributed by atoms with Crippen molar-refractivity contribution in [2.45, 2.75) is 43.9 Å². The van der Waals surface area contributed by atoms with Gasteiger partial charge in [-0.25, -0.2) is 4.98 Å². The molecule has 23 heavy (non-hydrogen) atoms. The summed E-state index contributed by atoms with van der Waals surface area (Å²) in [7, 11) is 0. The van der Waals surface area contributed by atoms with E-state index in [0.717, 1.165) is 10.2 Å². The van der Waals surface area contributed by atoms with Gasteiger partial charge in [-0.1, -0.05) is 32.1 Å². The van der Waals surface area contributed by atoms with Gasteiger partial charge in [0.15, 0.2) is 5.13 Å². The number of carbonyl (C=O) groups is 1. The van der Waals surface area contributed by atoms with Crippen molar-refractivity contribution in [1.29, 1.82) is 0 Å². The van der Waals surface area contributed by atoms with Gasteiger partial charge in [-0.15, -0.1) is 22.7 Å². The van der Waals surface area contributed by atoms with E-state index in [9.17, 15) is 4.79 Å². The topological polar surface area (TPSA) is 42.0 Å². The van der Waals surface area contributed by atoms with Crippen molar-refractivity contribution in [2.75, 3.05) is 5.32 Å². The SMILES string of the molecule is O=C(Nc1nccs1)C1(c2ccc(Br)s2)CC1C1CCCCC1. The van der Waals surface area contributed by atoms with Crippen LogP contribution in [-0.2, 0) is 10.2 Å². The summed E-state index contributed by atoms with van der Waals surface area (Å²) in [5.74, 6) is 1.33. The molecule has 2 aliphatic carbocycles. The van der Waals surface area contributed by atoms with Crippen molar-refractivity contribution >= 4 is 49.6 Å². The first-order chi connectivity index (χ1) is 11.2. The molecule has 1 N–H and O–H groups in total. The Morgan fingerprint density at radius 1 is 1.30 bits per heavy atom. The van der Waals surface area contributed by atoms with Crippen LogP contribution in [0.5, 0.6) is 0 Å². The molecule has 6 heteroatoms. The molecule has 2 atom stereocenters. The van der Waals surface area contributed by atoms with Gasteiger partial charge < -0.3 is 5.32 Å². The maximum atomic E-state index is 13.1. The highest BCUT2D eigenvalue weighted by molar-refractivity contribution is 9.11. The van der Waals surface area contributed by atoms with Crippen LogP contribution in [0.4, 0.5) is 5.13 Å². The molecule has 0 spiro atoms. The molecule has 2 aromatic rings. The smallest absolute Gasteiger partial charge is 0.237 e. The van der Waals surface area contributed by atoms with Crippen LogP contribution in [0, 0.1) is 11.8 Å². The van der Waals surface area contributed by atoms with Gasteiger partial charge in [-0.05, 0) is 46.3 Å². The average Bonchev–Trinajstić information content (AvgIpc) is 2.88. The zero-order valence-electron chi connectivity index (χ0n) is 12.8. The predicted molar refractivity (Wildman–Crippen MR) is 99.1 cm³/mol. The van der Waals surface area contributed by atoms with E-state index in [1.54, 1.807) is 17.5 Å². The minimum Gasteiger partial charge on any atom is -0.301 e. The second kappa shape index (κ2) is 6.30. The Morgan fingerprint density at radius 3 is 2.78 bits per heavy atom. The van der Waals surface area contributed by atoms with Crippen LogP contribution in [0.15, 0.2) is 27.5 Å². The average molecular weight is 411 g/mol. The molecule has 0 bridgehead atoms. The van der Waals surface area contributed by atoms with E-state index in [4.69, 9.17) is 0 Å². The van der Waals surface area contributed by atoms with Gasteiger partial charge in [0.2, 0.25) is 5.91 Å². The van der Waals surface area contributed by atoms with Crippen LogP contribution in [0.25, 0.3) is 0 Å². The summed E-state index contributed by atoms with van der Waals surface area (Å²) in [4.78, 5) is 18.5.